The number of aryl methyl sites for hydroxylation is 2. The Morgan fingerprint density at radius 2 is 1.89 bits per heavy atom. The van der Waals surface area contributed by atoms with E-state index < -0.39 is 0 Å². The molecule has 0 saturated heterocycles. The first-order valence-electron chi connectivity index (χ1n) is 9.00. The molecule has 1 aromatic heterocycles. The smallest absolute Gasteiger partial charge is 0.193 e. The quantitative estimate of drug-likeness (QED) is 0.335. The standard InChI is InChI=1S/C21H23N5.HI/c22-21(25-20-10-9-18-7-4-8-19(18)11-20)23-12-17-13-24-26(15-17)14-16-5-2-1-3-6-16;/h1-3,5-6,9-11,13,15H,4,7-8,12,14H2,(H3,22,23,25);1H. The monoisotopic (exact) mass is 473 g/mol. The molecule has 5 nitrogen and oxygen atoms in total. The number of fused-ring (bicyclic) bond motifs is 1. The molecular formula is C21H24IN5. The highest BCUT2D eigenvalue weighted by molar-refractivity contribution is 14.0. The highest BCUT2D eigenvalue weighted by Gasteiger charge is 2.10. The number of benzene rings is 2. The number of nitrogens with zero attached hydrogens (tertiary/aromatic N) is 3. The van der Waals surface area contributed by atoms with Crippen molar-refractivity contribution in [2.75, 3.05) is 5.32 Å². The van der Waals surface area contributed by atoms with E-state index >= 15 is 0 Å². The van der Waals surface area contributed by atoms with Gasteiger partial charge in [0.25, 0.3) is 0 Å². The summed E-state index contributed by atoms with van der Waals surface area (Å²) < 4.78 is 1.92. The zero-order valence-corrected chi connectivity index (χ0v) is 17.5. The normalized spacial score (nSPS) is 13.1. The number of rotatable bonds is 5. The van der Waals surface area contributed by atoms with Crippen LogP contribution in [0.5, 0.6) is 0 Å². The van der Waals surface area contributed by atoms with Crippen molar-refractivity contribution in [2.45, 2.75) is 32.4 Å². The highest BCUT2D eigenvalue weighted by atomic mass is 127. The van der Waals surface area contributed by atoms with Crippen LogP contribution >= 0.6 is 24.0 Å². The summed E-state index contributed by atoms with van der Waals surface area (Å²) in [6, 6.07) is 16.7. The molecule has 1 aliphatic rings. The fourth-order valence-electron chi connectivity index (χ4n) is 3.36. The number of nitrogens with two attached hydrogens (primary N) is 1. The second-order valence-electron chi connectivity index (χ2n) is 6.70. The van der Waals surface area contributed by atoms with Gasteiger partial charge in [-0.2, -0.15) is 5.10 Å². The lowest BCUT2D eigenvalue weighted by Crippen LogP contribution is -2.22. The number of guanidine groups is 1. The number of nitrogens with one attached hydrogen (secondary N) is 1. The average molecular weight is 473 g/mol. The zero-order chi connectivity index (χ0) is 17.8. The Balaban J connectivity index is 0.00000210. The van der Waals surface area contributed by atoms with E-state index in [1.807, 2.05) is 35.3 Å². The summed E-state index contributed by atoms with van der Waals surface area (Å²) in [6.45, 7) is 1.27. The van der Waals surface area contributed by atoms with Crippen molar-refractivity contribution in [1.82, 2.24) is 9.78 Å². The van der Waals surface area contributed by atoms with Crippen molar-refractivity contribution in [3.05, 3.63) is 83.2 Å². The minimum absolute atomic E-state index is 0. The Labute approximate surface area is 176 Å². The summed E-state index contributed by atoms with van der Waals surface area (Å²) in [7, 11) is 0. The summed E-state index contributed by atoms with van der Waals surface area (Å²) in [4.78, 5) is 4.43. The van der Waals surface area contributed by atoms with E-state index in [1.165, 1.54) is 29.5 Å². The van der Waals surface area contributed by atoms with Gasteiger partial charge in [0, 0.05) is 17.4 Å². The molecule has 0 radical (unpaired) electrons. The summed E-state index contributed by atoms with van der Waals surface area (Å²) in [5.41, 5.74) is 12.2. The molecule has 0 aliphatic heterocycles. The minimum atomic E-state index is 0. The van der Waals surface area contributed by atoms with E-state index in [9.17, 15) is 0 Å². The average Bonchev–Trinajstić information content (AvgIpc) is 3.29. The molecule has 140 valence electrons. The largest absolute Gasteiger partial charge is 0.370 e. The van der Waals surface area contributed by atoms with E-state index in [0.717, 1.165) is 24.2 Å². The van der Waals surface area contributed by atoms with Crippen LogP contribution in [-0.2, 0) is 25.9 Å². The Hall–Kier alpha value is -2.35. The minimum Gasteiger partial charge on any atom is -0.370 e. The fourth-order valence-corrected chi connectivity index (χ4v) is 3.36. The first-order chi connectivity index (χ1) is 12.8. The molecule has 3 N–H and O–H groups in total. The van der Waals surface area contributed by atoms with Crippen LogP contribution < -0.4 is 11.1 Å². The SMILES string of the molecule is I.NC(=NCc1cnn(Cc2ccccc2)c1)Nc1ccc2c(c1)CCC2. The van der Waals surface area contributed by atoms with Gasteiger partial charge in [-0.05, 0) is 48.1 Å². The fraction of sp³-hybridized carbons (Fsp3) is 0.238. The molecule has 1 aliphatic carbocycles. The van der Waals surface area contributed by atoms with Gasteiger partial charge in [0.05, 0.1) is 19.3 Å². The number of hydrogen-bond acceptors (Lipinski definition) is 2. The lowest BCUT2D eigenvalue weighted by Gasteiger charge is -2.07. The van der Waals surface area contributed by atoms with Crippen LogP contribution in [0.4, 0.5) is 5.69 Å². The molecule has 0 atom stereocenters. The molecule has 0 unspecified atom stereocenters. The lowest BCUT2D eigenvalue weighted by molar-refractivity contribution is 0.686. The third-order valence-corrected chi connectivity index (χ3v) is 4.68. The van der Waals surface area contributed by atoms with Crippen LogP contribution in [-0.4, -0.2) is 15.7 Å². The Morgan fingerprint density at radius 1 is 1.07 bits per heavy atom. The molecule has 0 fully saturated rings. The van der Waals surface area contributed by atoms with Crippen LogP contribution in [0.25, 0.3) is 0 Å². The van der Waals surface area contributed by atoms with Crippen LogP contribution in [0.1, 0.15) is 28.7 Å². The summed E-state index contributed by atoms with van der Waals surface area (Å²) in [5.74, 6) is 0.429. The van der Waals surface area contributed by atoms with Crippen molar-refractivity contribution < 1.29 is 0 Å². The van der Waals surface area contributed by atoms with Crippen LogP contribution in [0.15, 0.2) is 65.9 Å². The molecule has 27 heavy (non-hydrogen) atoms. The highest BCUT2D eigenvalue weighted by Crippen LogP contribution is 2.24. The molecule has 4 rings (SSSR count). The van der Waals surface area contributed by atoms with Gasteiger partial charge in [-0.15, -0.1) is 24.0 Å². The molecule has 0 saturated carbocycles. The number of aliphatic imine (C=N–C) groups is 1. The maximum Gasteiger partial charge on any atom is 0.193 e. The van der Waals surface area contributed by atoms with Gasteiger partial charge < -0.3 is 11.1 Å². The molecule has 1 heterocycles. The second kappa shape index (κ2) is 9.03. The number of anilines is 1. The van der Waals surface area contributed by atoms with Gasteiger partial charge in [0.2, 0.25) is 0 Å². The van der Waals surface area contributed by atoms with Crippen molar-refractivity contribution in [3.8, 4) is 0 Å². The summed E-state index contributed by atoms with van der Waals surface area (Å²) in [6.07, 6.45) is 7.44. The third-order valence-electron chi connectivity index (χ3n) is 4.68. The Bertz CT molecular complexity index is 917. The molecule has 0 amide bonds. The number of halogens is 1. The van der Waals surface area contributed by atoms with Gasteiger partial charge in [-0.1, -0.05) is 36.4 Å². The van der Waals surface area contributed by atoms with Gasteiger partial charge in [-0.3, -0.25) is 4.68 Å². The maximum atomic E-state index is 6.04. The first-order valence-corrected chi connectivity index (χ1v) is 9.00. The first kappa shape index (κ1) is 19.4. The molecule has 3 aromatic rings. The van der Waals surface area contributed by atoms with Crippen LogP contribution in [0.3, 0.4) is 0 Å². The van der Waals surface area contributed by atoms with Crippen LogP contribution in [0, 0.1) is 0 Å². The zero-order valence-electron chi connectivity index (χ0n) is 15.1. The van der Waals surface area contributed by atoms with E-state index in [2.05, 4.69) is 45.7 Å². The molecular weight excluding hydrogens is 449 g/mol. The van der Waals surface area contributed by atoms with E-state index in [0.29, 0.717) is 12.5 Å². The molecule has 0 spiro atoms. The Kier molecular flexibility index (Phi) is 6.49. The number of hydrogen-bond donors (Lipinski definition) is 2. The summed E-state index contributed by atoms with van der Waals surface area (Å²) in [5, 5.41) is 7.59. The molecule has 6 heteroatoms. The van der Waals surface area contributed by atoms with Crippen molar-refractivity contribution in [2.24, 2.45) is 10.7 Å². The topological polar surface area (TPSA) is 68.2 Å². The van der Waals surface area contributed by atoms with E-state index in [1.54, 1.807) is 0 Å². The lowest BCUT2D eigenvalue weighted by atomic mass is 10.1. The van der Waals surface area contributed by atoms with Gasteiger partial charge in [0.1, 0.15) is 0 Å². The third kappa shape index (κ3) is 5.09. The van der Waals surface area contributed by atoms with Crippen molar-refractivity contribution in [1.29, 1.82) is 0 Å². The van der Waals surface area contributed by atoms with E-state index in [4.69, 9.17) is 5.73 Å². The molecule has 0 bridgehead atoms. The van der Waals surface area contributed by atoms with Gasteiger partial charge in [0.15, 0.2) is 5.96 Å². The van der Waals surface area contributed by atoms with Crippen molar-refractivity contribution >= 4 is 35.6 Å². The molecule has 2 aromatic carbocycles. The number of aromatic nitrogens is 2. The van der Waals surface area contributed by atoms with E-state index in [-0.39, 0.29) is 24.0 Å². The second-order valence-corrected chi connectivity index (χ2v) is 6.70. The van der Waals surface area contributed by atoms with Gasteiger partial charge in [-0.25, -0.2) is 4.99 Å². The Morgan fingerprint density at radius 3 is 2.74 bits per heavy atom. The predicted octanol–water partition coefficient (Wildman–Crippen LogP) is 3.96. The predicted molar refractivity (Wildman–Crippen MR) is 121 cm³/mol. The van der Waals surface area contributed by atoms with Gasteiger partial charge >= 0.3 is 0 Å². The maximum absolute atomic E-state index is 6.04. The van der Waals surface area contributed by atoms with Crippen molar-refractivity contribution in [3.63, 3.8) is 0 Å². The summed E-state index contributed by atoms with van der Waals surface area (Å²) >= 11 is 0. The van der Waals surface area contributed by atoms with Crippen LogP contribution in [0.2, 0.25) is 0 Å².